The summed E-state index contributed by atoms with van der Waals surface area (Å²) in [7, 11) is 0. The van der Waals surface area contributed by atoms with Gasteiger partial charge in [-0.1, -0.05) is 54.6 Å². The fourth-order valence-electron chi connectivity index (χ4n) is 4.41. The number of rotatable bonds is 3. The minimum Gasteiger partial charge on any atom is -0.303 e. The average molecular weight is 291 g/mol. The molecule has 2 aromatic rings. The highest BCUT2D eigenvalue weighted by molar-refractivity contribution is 5.34. The standard InChI is InChI=1S/C21H25N/c1-2-6-17(7-3-1)12-14-22-15-13-21-19(16-22)11-10-18-8-4-5-9-20(18)21/h1-9,19,21H,10-16H2. The molecular weight excluding hydrogens is 266 g/mol. The molecule has 0 aromatic heterocycles. The van der Waals surface area contributed by atoms with Crippen LogP contribution in [0.3, 0.4) is 0 Å². The second-order valence-electron chi connectivity index (χ2n) is 6.93. The van der Waals surface area contributed by atoms with Gasteiger partial charge in [-0.15, -0.1) is 0 Å². The van der Waals surface area contributed by atoms with E-state index in [9.17, 15) is 0 Å². The molecule has 1 aliphatic heterocycles. The zero-order valence-electron chi connectivity index (χ0n) is 13.2. The van der Waals surface area contributed by atoms with E-state index in [4.69, 9.17) is 0 Å². The molecule has 1 heteroatoms. The van der Waals surface area contributed by atoms with Crippen molar-refractivity contribution in [1.29, 1.82) is 0 Å². The fourth-order valence-corrected chi connectivity index (χ4v) is 4.41. The van der Waals surface area contributed by atoms with Crippen LogP contribution >= 0.6 is 0 Å². The second kappa shape index (κ2) is 6.26. The van der Waals surface area contributed by atoms with E-state index in [1.807, 2.05) is 0 Å². The van der Waals surface area contributed by atoms with Crippen molar-refractivity contribution in [3.63, 3.8) is 0 Å². The number of aryl methyl sites for hydroxylation is 1. The third-order valence-electron chi connectivity index (χ3n) is 5.62. The van der Waals surface area contributed by atoms with E-state index in [1.54, 1.807) is 11.1 Å². The lowest BCUT2D eigenvalue weighted by atomic mass is 9.71. The molecule has 0 N–H and O–H groups in total. The third-order valence-corrected chi connectivity index (χ3v) is 5.62. The van der Waals surface area contributed by atoms with Gasteiger partial charge in [0.1, 0.15) is 0 Å². The Morgan fingerprint density at radius 3 is 2.64 bits per heavy atom. The summed E-state index contributed by atoms with van der Waals surface area (Å²) >= 11 is 0. The maximum Gasteiger partial charge on any atom is 0.00219 e. The van der Waals surface area contributed by atoms with Crippen molar-refractivity contribution in [2.45, 2.75) is 31.6 Å². The van der Waals surface area contributed by atoms with Crippen molar-refractivity contribution >= 4 is 0 Å². The summed E-state index contributed by atoms with van der Waals surface area (Å²) in [5.74, 6) is 1.69. The molecule has 2 unspecified atom stereocenters. The molecule has 2 aromatic carbocycles. The molecule has 0 amide bonds. The summed E-state index contributed by atoms with van der Waals surface area (Å²) in [5, 5.41) is 0. The highest BCUT2D eigenvalue weighted by atomic mass is 15.1. The van der Waals surface area contributed by atoms with Crippen LogP contribution in [-0.2, 0) is 12.8 Å². The largest absolute Gasteiger partial charge is 0.303 e. The number of hydrogen-bond acceptors (Lipinski definition) is 1. The Kier molecular flexibility index (Phi) is 3.99. The van der Waals surface area contributed by atoms with E-state index in [0.717, 1.165) is 11.8 Å². The molecule has 0 saturated carbocycles. The van der Waals surface area contributed by atoms with Crippen molar-refractivity contribution in [2.75, 3.05) is 19.6 Å². The molecule has 22 heavy (non-hydrogen) atoms. The molecule has 1 fully saturated rings. The molecule has 1 nitrogen and oxygen atoms in total. The van der Waals surface area contributed by atoms with Crippen LogP contribution in [0.25, 0.3) is 0 Å². The first-order valence-electron chi connectivity index (χ1n) is 8.74. The number of benzene rings is 2. The van der Waals surface area contributed by atoms with Crippen LogP contribution in [-0.4, -0.2) is 24.5 Å². The first kappa shape index (κ1) is 14.0. The molecule has 0 spiro atoms. The van der Waals surface area contributed by atoms with Gasteiger partial charge in [-0.3, -0.25) is 0 Å². The normalized spacial score (nSPS) is 24.5. The number of likely N-dealkylation sites (tertiary alicyclic amines) is 1. The van der Waals surface area contributed by atoms with Gasteiger partial charge in [-0.2, -0.15) is 0 Å². The van der Waals surface area contributed by atoms with Gasteiger partial charge in [0.05, 0.1) is 0 Å². The van der Waals surface area contributed by atoms with Crippen molar-refractivity contribution in [3.8, 4) is 0 Å². The minimum atomic E-state index is 0.818. The van der Waals surface area contributed by atoms with E-state index < -0.39 is 0 Å². The van der Waals surface area contributed by atoms with E-state index in [2.05, 4.69) is 59.5 Å². The summed E-state index contributed by atoms with van der Waals surface area (Å²) in [5.41, 5.74) is 4.74. The van der Waals surface area contributed by atoms with Gasteiger partial charge in [0.25, 0.3) is 0 Å². The lowest BCUT2D eigenvalue weighted by Gasteiger charge is -2.42. The van der Waals surface area contributed by atoms with Crippen molar-refractivity contribution in [1.82, 2.24) is 4.90 Å². The predicted octanol–water partition coefficient (Wildman–Crippen LogP) is 4.28. The Bertz CT molecular complexity index is 619. The Hall–Kier alpha value is -1.60. The molecule has 1 aliphatic carbocycles. The van der Waals surface area contributed by atoms with Gasteiger partial charge in [-0.25, -0.2) is 0 Å². The molecule has 0 bridgehead atoms. The zero-order chi connectivity index (χ0) is 14.8. The summed E-state index contributed by atoms with van der Waals surface area (Å²) < 4.78 is 0. The molecule has 2 atom stereocenters. The third kappa shape index (κ3) is 2.83. The molecule has 1 heterocycles. The van der Waals surface area contributed by atoms with Crippen LogP contribution < -0.4 is 0 Å². The first-order chi connectivity index (χ1) is 10.9. The summed E-state index contributed by atoms with van der Waals surface area (Å²) in [6.45, 7) is 3.78. The number of nitrogens with zero attached hydrogens (tertiary/aromatic N) is 1. The van der Waals surface area contributed by atoms with Crippen LogP contribution in [0.5, 0.6) is 0 Å². The van der Waals surface area contributed by atoms with E-state index in [1.165, 1.54) is 50.9 Å². The first-order valence-corrected chi connectivity index (χ1v) is 8.74. The molecule has 1 saturated heterocycles. The topological polar surface area (TPSA) is 3.24 Å². The van der Waals surface area contributed by atoms with Crippen molar-refractivity contribution < 1.29 is 0 Å². The van der Waals surface area contributed by atoms with Crippen molar-refractivity contribution in [3.05, 3.63) is 71.3 Å². The highest BCUT2D eigenvalue weighted by Crippen LogP contribution is 2.41. The summed E-state index contributed by atoms with van der Waals surface area (Å²) in [6.07, 6.45) is 5.19. The fraction of sp³-hybridized carbons (Fsp3) is 0.429. The highest BCUT2D eigenvalue weighted by Gasteiger charge is 2.33. The van der Waals surface area contributed by atoms with Crippen molar-refractivity contribution in [2.24, 2.45) is 5.92 Å². The second-order valence-corrected chi connectivity index (χ2v) is 6.93. The van der Waals surface area contributed by atoms with Crippen LogP contribution in [0.2, 0.25) is 0 Å². The Balaban J connectivity index is 1.39. The SMILES string of the molecule is c1ccc(CCN2CCC3c4ccccc4CCC3C2)cc1. The van der Waals surface area contributed by atoms with Gasteiger partial charge in [0.2, 0.25) is 0 Å². The molecule has 0 radical (unpaired) electrons. The van der Waals surface area contributed by atoms with Gasteiger partial charge in [0, 0.05) is 13.1 Å². The van der Waals surface area contributed by atoms with Gasteiger partial charge >= 0.3 is 0 Å². The molecular formula is C21H25N. The number of fused-ring (bicyclic) bond motifs is 3. The summed E-state index contributed by atoms with van der Waals surface area (Å²) in [4.78, 5) is 2.70. The Labute approximate surface area is 134 Å². The maximum atomic E-state index is 2.70. The minimum absolute atomic E-state index is 0.818. The lowest BCUT2D eigenvalue weighted by Crippen LogP contribution is -2.42. The zero-order valence-corrected chi connectivity index (χ0v) is 13.2. The molecule has 114 valence electrons. The number of hydrogen-bond donors (Lipinski definition) is 0. The van der Waals surface area contributed by atoms with Crippen LogP contribution in [0.4, 0.5) is 0 Å². The lowest BCUT2D eigenvalue weighted by molar-refractivity contribution is 0.142. The Morgan fingerprint density at radius 2 is 1.73 bits per heavy atom. The average Bonchev–Trinajstić information content (AvgIpc) is 2.60. The molecule has 2 aliphatic rings. The van der Waals surface area contributed by atoms with E-state index in [0.29, 0.717) is 0 Å². The molecule has 4 rings (SSSR count). The van der Waals surface area contributed by atoms with Crippen LogP contribution in [0, 0.1) is 5.92 Å². The monoisotopic (exact) mass is 291 g/mol. The quantitative estimate of drug-likeness (QED) is 0.816. The van der Waals surface area contributed by atoms with E-state index in [-0.39, 0.29) is 0 Å². The van der Waals surface area contributed by atoms with Gasteiger partial charge < -0.3 is 4.90 Å². The van der Waals surface area contributed by atoms with Gasteiger partial charge in [-0.05, 0) is 60.8 Å². The predicted molar refractivity (Wildman–Crippen MR) is 92.2 cm³/mol. The van der Waals surface area contributed by atoms with Crippen LogP contribution in [0.1, 0.15) is 35.4 Å². The maximum absolute atomic E-state index is 2.70. The van der Waals surface area contributed by atoms with Gasteiger partial charge in [0.15, 0.2) is 0 Å². The van der Waals surface area contributed by atoms with E-state index >= 15 is 0 Å². The van der Waals surface area contributed by atoms with Crippen LogP contribution in [0.15, 0.2) is 54.6 Å². The smallest absolute Gasteiger partial charge is 0.00219 e. The number of piperidine rings is 1. The Morgan fingerprint density at radius 1 is 0.909 bits per heavy atom. The summed E-state index contributed by atoms with van der Waals surface area (Å²) in [6, 6.07) is 20.1.